The van der Waals surface area contributed by atoms with Crippen molar-refractivity contribution < 1.29 is 22.3 Å². The van der Waals surface area contributed by atoms with Gasteiger partial charge in [-0.2, -0.15) is 0 Å². The molecule has 0 heterocycles. The van der Waals surface area contributed by atoms with E-state index in [1.54, 1.807) is 13.0 Å². The number of alkyl halides is 3. The predicted molar refractivity (Wildman–Crippen MR) is 70.3 cm³/mol. The van der Waals surface area contributed by atoms with Crippen LogP contribution in [0.3, 0.4) is 0 Å². The van der Waals surface area contributed by atoms with Gasteiger partial charge in [-0.1, -0.05) is 18.2 Å². The third kappa shape index (κ3) is 3.95. The molecule has 2 aromatic rings. The third-order valence-corrected chi connectivity index (χ3v) is 3.05. The Bertz CT molecular complexity index is 623. The van der Waals surface area contributed by atoms with Crippen LogP contribution in [0.15, 0.2) is 42.5 Å². The van der Waals surface area contributed by atoms with Crippen molar-refractivity contribution in [2.45, 2.75) is 19.3 Å². The summed E-state index contributed by atoms with van der Waals surface area (Å²) >= 11 is 0. The van der Waals surface area contributed by atoms with Crippen molar-refractivity contribution in [3.8, 4) is 5.75 Å². The van der Waals surface area contributed by atoms with E-state index in [0.717, 1.165) is 5.56 Å². The van der Waals surface area contributed by atoms with E-state index in [1.807, 2.05) is 0 Å². The third-order valence-electron chi connectivity index (χ3n) is 3.05. The van der Waals surface area contributed by atoms with Crippen LogP contribution in [0.25, 0.3) is 0 Å². The Morgan fingerprint density at radius 3 is 2.24 bits per heavy atom. The lowest BCUT2D eigenvalue weighted by Gasteiger charge is -2.16. The summed E-state index contributed by atoms with van der Waals surface area (Å²) in [6.45, 7) is 1.79. The molecule has 112 valence electrons. The minimum Gasteiger partial charge on any atom is -0.406 e. The van der Waals surface area contributed by atoms with Gasteiger partial charge in [-0.25, -0.2) is 4.39 Å². The average molecular weight is 299 g/mol. The Labute approximate surface area is 119 Å². The smallest absolute Gasteiger partial charge is 0.406 e. The molecular weight excluding hydrogens is 286 g/mol. The predicted octanol–water partition coefficient (Wildman–Crippen LogP) is 4.08. The van der Waals surface area contributed by atoms with Crippen molar-refractivity contribution >= 4 is 0 Å². The van der Waals surface area contributed by atoms with Crippen LogP contribution in [0.4, 0.5) is 17.6 Å². The second kappa shape index (κ2) is 5.73. The fourth-order valence-electron chi connectivity index (χ4n) is 2.00. The maximum atomic E-state index is 13.3. The topological polar surface area (TPSA) is 35.2 Å². The standard InChI is InChI=1S/C15H13F4NO/c1-9-2-5-11(16)8-13(9)14(20)10-3-6-12(7-4-10)21-15(17,18)19/h2-8,14H,20H2,1H3/t14-/m1/s1. The molecule has 0 saturated carbocycles. The zero-order valence-corrected chi connectivity index (χ0v) is 11.1. The lowest BCUT2D eigenvalue weighted by Crippen LogP contribution is -2.17. The summed E-state index contributed by atoms with van der Waals surface area (Å²) < 4.78 is 53.3. The number of benzene rings is 2. The molecule has 0 aliphatic heterocycles. The number of aryl methyl sites for hydroxylation is 1. The average Bonchev–Trinajstić information content (AvgIpc) is 2.40. The first kappa shape index (κ1) is 15.3. The number of halogens is 4. The van der Waals surface area contributed by atoms with Gasteiger partial charge in [0, 0.05) is 0 Å². The maximum absolute atomic E-state index is 13.3. The van der Waals surface area contributed by atoms with Crippen LogP contribution in [0.2, 0.25) is 0 Å². The SMILES string of the molecule is Cc1ccc(F)cc1[C@H](N)c1ccc(OC(F)(F)F)cc1. The lowest BCUT2D eigenvalue weighted by molar-refractivity contribution is -0.274. The summed E-state index contributed by atoms with van der Waals surface area (Å²) in [6.07, 6.45) is -4.73. The number of rotatable bonds is 3. The highest BCUT2D eigenvalue weighted by Gasteiger charge is 2.31. The van der Waals surface area contributed by atoms with E-state index in [2.05, 4.69) is 4.74 Å². The number of hydrogen-bond acceptors (Lipinski definition) is 2. The van der Waals surface area contributed by atoms with Crippen molar-refractivity contribution in [2.24, 2.45) is 5.73 Å². The highest BCUT2D eigenvalue weighted by atomic mass is 19.4. The minimum atomic E-state index is -4.73. The van der Waals surface area contributed by atoms with E-state index in [0.29, 0.717) is 11.1 Å². The molecule has 0 radical (unpaired) electrons. The summed E-state index contributed by atoms with van der Waals surface area (Å²) in [5, 5.41) is 0. The normalized spacial score (nSPS) is 13.0. The second-order valence-corrected chi connectivity index (χ2v) is 4.60. The van der Waals surface area contributed by atoms with E-state index in [-0.39, 0.29) is 5.75 Å². The monoisotopic (exact) mass is 299 g/mol. The van der Waals surface area contributed by atoms with Gasteiger partial charge in [0.05, 0.1) is 6.04 Å². The zero-order chi connectivity index (χ0) is 15.6. The summed E-state index contributed by atoms with van der Waals surface area (Å²) in [4.78, 5) is 0. The summed E-state index contributed by atoms with van der Waals surface area (Å²) in [7, 11) is 0. The molecule has 0 spiro atoms. The Balaban J connectivity index is 2.24. The van der Waals surface area contributed by atoms with Crippen LogP contribution < -0.4 is 10.5 Å². The molecule has 2 N–H and O–H groups in total. The molecule has 0 aromatic heterocycles. The van der Waals surface area contributed by atoms with E-state index < -0.39 is 18.2 Å². The highest BCUT2D eigenvalue weighted by molar-refractivity contribution is 5.38. The molecule has 6 heteroatoms. The van der Waals surface area contributed by atoms with Gasteiger partial charge in [0.15, 0.2) is 0 Å². The van der Waals surface area contributed by atoms with E-state index in [4.69, 9.17) is 5.73 Å². The molecule has 0 fully saturated rings. The maximum Gasteiger partial charge on any atom is 0.573 e. The van der Waals surface area contributed by atoms with Crippen LogP contribution in [-0.4, -0.2) is 6.36 Å². The molecule has 0 aliphatic rings. The fourth-order valence-corrected chi connectivity index (χ4v) is 2.00. The van der Waals surface area contributed by atoms with Crippen LogP contribution in [-0.2, 0) is 0 Å². The summed E-state index contributed by atoms with van der Waals surface area (Å²) in [5.41, 5.74) is 7.99. The van der Waals surface area contributed by atoms with Gasteiger partial charge >= 0.3 is 6.36 Å². The Morgan fingerprint density at radius 2 is 1.67 bits per heavy atom. The molecule has 0 amide bonds. The van der Waals surface area contributed by atoms with Gasteiger partial charge < -0.3 is 10.5 Å². The zero-order valence-electron chi connectivity index (χ0n) is 11.1. The quantitative estimate of drug-likeness (QED) is 0.867. The van der Waals surface area contributed by atoms with Gasteiger partial charge in [-0.05, 0) is 47.9 Å². The Kier molecular flexibility index (Phi) is 4.18. The first-order chi connectivity index (χ1) is 9.76. The largest absolute Gasteiger partial charge is 0.573 e. The summed E-state index contributed by atoms with van der Waals surface area (Å²) in [6, 6.07) is 8.83. The summed E-state index contributed by atoms with van der Waals surface area (Å²) in [5.74, 6) is -0.738. The molecule has 0 saturated heterocycles. The van der Waals surface area contributed by atoms with Gasteiger partial charge in [0.2, 0.25) is 0 Å². The first-order valence-corrected chi connectivity index (χ1v) is 6.13. The van der Waals surface area contributed by atoms with Gasteiger partial charge in [0.25, 0.3) is 0 Å². The van der Waals surface area contributed by atoms with Crippen molar-refractivity contribution in [3.05, 3.63) is 65.0 Å². The van der Waals surface area contributed by atoms with Gasteiger partial charge in [-0.15, -0.1) is 13.2 Å². The Morgan fingerprint density at radius 1 is 1.05 bits per heavy atom. The van der Waals surface area contributed by atoms with Crippen LogP contribution >= 0.6 is 0 Å². The number of nitrogens with two attached hydrogens (primary N) is 1. The molecule has 2 aromatic carbocycles. The molecular formula is C15H13F4NO. The van der Waals surface area contributed by atoms with E-state index in [1.165, 1.54) is 36.4 Å². The van der Waals surface area contributed by atoms with Gasteiger partial charge in [-0.3, -0.25) is 0 Å². The van der Waals surface area contributed by atoms with Crippen molar-refractivity contribution in [1.82, 2.24) is 0 Å². The first-order valence-electron chi connectivity index (χ1n) is 6.13. The molecule has 1 atom stereocenters. The van der Waals surface area contributed by atoms with E-state index >= 15 is 0 Å². The highest BCUT2D eigenvalue weighted by Crippen LogP contribution is 2.27. The molecule has 2 rings (SSSR count). The molecule has 0 bridgehead atoms. The van der Waals surface area contributed by atoms with Crippen molar-refractivity contribution in [3.63, 3.8) is 0 Å². The van der Waals surface area contributed by atoms with E-state index in [9.17, 15) is 17.6 Å². The number of hydrogen-bond donors (Lipinski definition) is 1. The molecule has 0 unspecified atom stereocenters. The second-order valence-electron chi connectivity index (χ2n) is 4.60. The van der Waals surface area contributed by atoms with Crippen LogP contribution in [0.5, 0.6) is 5.75 Å². The lowest BCUT2D eigenvalue weighted by atomic mass is 9.95. The fraction of sp³-hybridized carbons (Fsp3) is 0.200. The number of ether oxygens (including phenoxy) is 1. The van der Waals surface area contributed by atoms with Crippen LogP contribution in [0, 0.1) is 12.7 Å². The van der Waals surface area contributed by atoms with Gasteiger partial charge in [0.1, 0.15) is 11.6 Å². The van der Waals surface area contributed by atoms with Crippen molar-refractivity contribution in [1.29, 1.82) is 0 Å². The minimum absolute atomic E-state index is 0.325. The van der Waals surface area contributed by atoms with Crippen molar-refractivity contribution in [2.75, 3.05) is 0 Å². The molecule has 2 nitrogen and oxygen atoms in total. The Hall–Kier alpha value is -2.08. The molecule has 21 heavy (non-hydrogen) atoms. The van der Waals surface area contributed by atoms with Crippen LogP contribution in [0.1, 0.15) is 22.7 Å². The molecule has 0 aliphatic carbocycles.